The average Bonchev–Trinajstić information content (AvgIpc) is 2.60. The van der Waals surface area contributed by atoms with Crippen LogP contribution in [-0.2, 0) is 30.4 Å². The van der Waals surface area contributed by atoms with E-state index in [-0.39, 0.29) is 16.0 Å². The highest BCUT2D eigenvalue weighted by Crippen LogP contribution is 2.38. The minimum atomic E-state index is -4.90. The number of anilines is 1. The monoisotopic (exact) mass is 459 g/mol. The van der Waals surface area contributed by atoms with Crippen molar-refractivity contribution in [2.75, 3.05) is 5.73 Å². The Hall–Kier alpha value is -2.71. The Morgan fingerprint density at radius 3 is 1.93 bits per heavy atom. The number of benzene rings is 3. The third-order valence-electron chi connectivity index (χ3n) is 3.85. The Morgan fingerprint density at radius 1 is 0.759 bits per heavy atom. The molecule has 0 aromatic heterocycles. The number of fused-ring (bicyclic) bond motifs is 1. The van der Waals surface area contributed by atoms with Gasteiger partial charge in [0, 0.05) is 17.1 Å². The van der Waals surface area contributed by atoms with E-state index in [4.69, 9.17) is 9.92 Å². The summed E-state index contributed by atoms with van der Waals surface area (Å²) in [6.45, 7) is 0. The third-order valence-corrected chi connectivity index (χ3v) is 6.84. The molecule has 0 spiro atoms. The molecule has 0 bridgehead atoms. The molecule has 0 unspecified atom stereocenters. The second-order valence-corrected chi connectivity index (χ2v) is 10.2. The van der Waals surface area contributed by atoms with E-state index >= 15 is 0 Å². The van der Waals surface area contributed by atoms with Crippen LogP contribution in [0, 0.1) is 0 Å². The van der Waals surface area contributed by atoms with Gasteiger partial charge < -0.3 is 9.92 Å². The molecule has 4 N–H and O–H groups in total. The number of rotatable bonds is 5. The van der Waals surface area contributed by atoms with Gasteiger partial charge >= 0.3 is 10.1 Å². The summed E-state index contributed by atoms with van der Waals surface area (Å²) in [4.78, 5) is -1.89. The van der Waals surface area contributed by atoms with Crippen LogP contribution in [0.15, 0.2) is 69.3 Å². The lowest BCUT2D eigenvalue weighted by Gasteiger charge is -2.14. The highest BCUT2D eigenvalue weighted by Gasteiger charge is 2.25. The van der Waals surface area contributed by atoms with Crippen molar-refractivity contribution in [3.8, 4) is 5.75 Å². The highest BCUT2D eigenvalue weighted by atomic mass is 32.2. The lowest BCUT2D eigenvalue weighted by Crippen LogP contribution is -2.11. The van der Waals surface area contributed by atoms with E-state index in [0.717, 1.165) is 18.2 Å². The van der Waals surface area contributed by atoms with Crippen LogP contribution in [-0.4, -0.2) is 34.4 Å². The van der Waals surface area contributed by atoms with E-state index in [9.17, 15) is 34.4 Å². The van der Waals surface area contributed by atoms with E-state index in [1.165, 1.54) is 24.3 Å². The molecule has 3 aromatic carbocycles. The zero-order valence-electron chi connectivity index (χ0n) is 14.3. The van der Waals surface area contributed by atoms with Crippen molar-refractivity contribution in [3.63, 3.8) is 0 Å². The molecule has 0 saturated carbocycles. The van der Waals surface area contributed by atoms with E-state index in [2.05, 4.69) is 0 Å². The van der Waals surface area contributed by atoms with Gasteiger partial charge in [-0.05, 0) is 30.3 Å². The molecule has 0 aliphatic rings. The molecule has 0 radical (unpaired) electrons. The first-order chi connectivity index (χ1) is 13.3. The number of nitrogens with two attached hydrogens (primary N) is 1. The molecular weight excluding hydrogens is 446 g/mol. The van der Waals surface area contributed by atoms with Gasteiger partial charge in [-0.3, -0.25) is 9.11 Å². The molecule has 0 atom stereocenters. The van der Waals surface area contributed by atoms with Gasteiger partial charge in [-0.2, -0.15) is 25.3 Å². The Balaban J connectivity index is 2.40. The minimum absolute atomic E-state index is 0.160. The van der Waals surface area contributed by atoms with Crippen LogP contribution >= 0.6 is 0 Å². The van der Waals surface area contributed by atoms with E-state index < -0.39 is 51.3 Å². The van der Waals surface area contributed by atoms with Crippen LogP contribution in [0.3, 0.4) is 0 Å². The number of hydrogen-bond acceptors (Lipinski definition) is 8. The van der Waals surface area contributed by atoms with Crippen molar-refractivity contribution in [3.05, 3.63) is 54.6 Å². The smallest absolute Gasteiger partial charge is 0.339 e. The van der Waals surface area contributed by atoms with Crippen LogP contribution in [0.4, 0.5) is 5.69 Å². The van der Waals surface area contributed by atoms with Crippen molar-refractivity contribution < 1.29 is 38.5 Å². The third kappa shape index (κ3) is 4.18. The fourth-order valence-electron chi connectivity index (χ4n) is 2.61. The van der Waals surface area contributed by atoms with Crippen LogP contribution in [0.2, 0.25) is 0 Å². The van der Waals surface area contributed by atoms with Gasteiger partial charge in [0.05, 0.1) is 10.3 Å². The summed E-state index contributed by atoms with van der Waals surface area (Å²) in [5, 5.41) is -0.743. The summed E-state index contributed by atoms with van der Waals surface area (Å²) in [7, 11) is -14.2. The second-order valence-electron chi connectivity index (χ2n) is 5.80. The molecule has 0 aliphatic heterocycles. The summed E-state index contributed by atoms with van der Waals surface area (Å²) >= 11 is 0. The average molecular weight is 459 g/mol. The predicted octanol–water partition coefficient (Wildman–Crippen LogP) is 1.68. The van der Waals surface area contributed by atoms with Crippen molar-refractivity contribution in [1.29, 1.82) is 0 Å². The Kier molecular flexibility index (Phi) is 5.04. The van der Waals surface area contributed by atoms with Crippen molar-refractivity contribution >= 4 is 46.8 Å². The maximum atomic E-state index is 12.6. The fraction of sp³-hybridized carbons (Fsp3) is 0. The predicted molar refractivity (Wildman–Crippen MR) is 102 cm³/mol. The molecule has 0 aliphatic carbocycles. The number of nitrogen functional groups attached to an aromatic ring is 1. The molecular formula is C16H13NO9S3. The Labute approximate surface area is 166 Å². The van der Waals surface area contributed by atoms with E-state index in [1.54, 1.807) is 6.07 Å². The maximum Gasteiger partial charge on any atom is 0.339 e. The summed E-state index contributed by atoms with van der Waals surface area (Å²) in [6, 6.07) is 10.2. The first-order valence-electron chi connectivity index (χ1n) is 7.61. The van der Waals surface area contributed by atoms with Crippen molar-refractivity contribution in [2.45, 2.75) is 14.7 Å². The summed E-state index contributed by atoms with van der Waals surface area (Å²) in [5.74, 6) is -0.651. The van der Waals surface area contributed by atoms with Crippen LogP contribution in [0.25, 0.3) is 10.8 Å². The Morgan fingerprint density at radius 2 is 1.38 bits per heavy atom. The maximum absolute atomic E-state index is 12.6. The van der Waals surface area contributed by atoms with Gasteiger partial charge in [0.15, 0.2) is 5.75 Å². The first kappa shape index (κ1) is 21.0. The topological polar surface area (TPSA) is 178 Å². The molecule has 3 rings (SSSR count). The number of hydrogen-bond donors (Lipinski definition) is 3. The molecule has 10 nitrogen and oxygen atoms in total. The molecule has 3 aromatic rings. The molecule has 29 heavy (non-hydrogen) atoms. The lowest BCUT2D eigenvalue weighted by atomic mass is 10.1. The van der Waals surface area contributed by atoms with Gasteiger partial charge in [-0.1, -0.05) is 18.2 Å². The molecule has 154 valence electrons. The largest absolute Gasteiger partial charge is 0.398 e. The fourth-order valence-corrected chi connectivity index (χ4v) is 4.77. The quantitative estimate of drug-likeness (QED) is 0.289. The minimum Gasteiger partial charge on any atom is -0.398 e. The van der Waals surface area contributed by atoms with Crippen LogP contribution < -0.4 is 9.92 Å². The zero-order valence-corrected chi connectivity index (χ0v) is 16.7. The summed E-state index contributed by atoms with van der Waals surface area (Å²) in [6.07, 6.45) is 0. The van der Waals surface area contributed by atoms with Gasteiger partial charge in [0.1, 0.15) is 9.79 Å². The standard InChI is InChI=1S/C16H13NO9S3/c17-13-6-7-15(28(21,22)23)12-8-11(27(18,19)20)9-14(16(12)13)26-29(24,25)10-4-2-1-3-5-10/h1-9H,17H2,(H,18,19,20)(H,21,22,23). The first-order valence-corrected chi connectivity index (χ1v) is 11.9. The molecule has 0 heterocycles. The summed E-state index contributed by atoms with van der Waals surface area (Å²) in [5.41, 5.74) is 5.66. The van der Waals surface area contributed by atoms with Gasteiger partial charge in [-0.15, -0.1) is 0 Å². The van der Waals surface area contributed by atoms with Gasteiger partial charge in [0.2, 0.25) is 0 Å². The van der Waals surface area contributed by atoms with Crippen LogP contribution in [0.5, 0.6) is 5.75 Å². The van der Waals surface area contributed by atoms with Gasteiger partial charge in [-0.25, -0.2) is 0 Å². The normalized spacial score (nSPS) is 12.8. The molecule has 0 amide bonds. The van der Waals surface area contributed by atoms with Crippen LogP contribution in [0.1, 0.15) is 0 Å². The second kappa shape index (κ2) is 6.96. The Bertz CT molecular complexity index is 1430. The lowest BCUT2D eigenvalue weighted by molar-refractivity contribution is 0.476. The van der Waals surface area contributed by atoms with Crippen molar-refractivity contribution in [1.82, 2.24) is 0 Å². The van der Waals surface area contributed by atoms with E-state index in [1.807, 2.05) is 0 Å². The summed E-state index contributed by atoms with van der Waals surface area (Å²) < 4.78 is 95.5. The SMILES string of the molecule is Nc1ccc(S(=O)(=O)O)c2cc(S(=O)(=O)O)cc(OS(=O)(=O)c3ccccc3)c12. The molecule has 13 heteroatoms. The molecule has 0 fully saturated rings. The van der Waals surface area contributed by atoms with Gasteiger partial charge in [0.25, 0.3) is 20.2 Å². The van der Waals surface area contributed by atoms with E-state index in [0.29, 0.717) is 6.07 Å². The molecule has 0 saturated heterocycles. The zero-order chi connectivity index (χ0) is 21.6. The van der Waals surface area contributed by atoms with Crippen molar-refractivity contribution in [2.24, 2.45) is 0 Å². The highest BCUT2D eigenvalue weighted by molar-refractivity contribution is 7.87.